The molecule has 0 fully saturated rings. The molecule has 0 saturated heterocycles. The number of carbonyl (C=O) groups excluding carboxylic acids is 1. The second kappa shape index (κ2) is 5.13. The van der Waals surface area contributed by atoms with Gasteiger partial charge in [0.15, 0.2) is 0 Å². The van der Waals surface area contributed by atoms with Gasteiger partial charge in [0.2, 0.25) is 0 Å². The number of amides is 1. The van der Waals surface area contributed by atoms with Gasteiger partial charge in [-0.2, -0.15) is 13.1 Å². The monoisotopic (exact) mass is 226 g/mol. The molecule has 1 atom stereocenters. The van der Waals surface area contributed by atoms with Crippen molar-refractivity contribution in [2.75, 3.05) is 6.61 Å². The molecule has 0 aliphatic carbocycles. The molecular weight excluding hydrogens is 212 g/mol. The van der Waals surface area contributed by atoms with E-state index in [0.29, 0.717) is 0 Å². The fourth-order valence-electron chi connectivity index (χ4n) is 0.702. The number of aliphatic hydroxyl groups is 1. The molecule has 0 bridgehead atoms. The van der Waals surface area contributed by atoms with Crippen LogP contribution in [-0.2, 0) is 14.5 Å². The zero-order valence-electron chi connectivity index (χ0n) is 7.93. The first kappa shape index (κ1) is 13.1. The fourth-order valence-corrected chi connectivity index (χ4v) is 1.68. The first-order chi connectivity index (χ1) is 6.28. The van der Waals surface area contributed by atoms with Crippen LogP contribution in [-0.4, -0.2) is 32.3 Å². The van der Waals surface area contributed by atoms with Gasteiger partial charge in [0, 0.05) is 0 Å². The Hall–Kier alpha value is -0.860. The molecule has 0 rings (SSSR count). The average molecular weight is 226 g/mol. The van der Waals surface area contributed by atoms with Crippen LogP contribution in [0.3, 0.4) is 0 Å². The summed E-state index contributed by atoms with van der Waals surface area (Å²) in [6, 6.07) is -0.709. The summed E-state index contributed by atoms with van der Waals surface area (Å²) in [6.45, 7) is 3.01. The summed E-state index contributed by atoms with van der Waals surface area (Å²) in [5.41, 5.74) is 4.53. The minimum atomic E-state index is -4.22. The molecule has 0 aromatic heterocycles. The van der Waals surface area contributed by atoms with Crippen LogP contribution in [0.25, 0.3) is 0 Å². The maximum Gasteiger partial charge on any atom is 0.421 e. The highest BCUT2D eigenvalue weighted by Crippen LogP contribution is 2.02. The van der Waals surface area contributed by atoms with Crippen LogP contribution < -0.4 is 10.5 Å². The molecular formula is C6H14N2O5S. The van der Waals surface area contributed by atoms with Crippen LogP contribution in [0.5, 0.6) is 0 Å². The van der Waals surface area contributed by atoms with Crippen molar-refractivity contribution in [1.82, 2.24) is 4.72 Å². The minimum Gasteiger partial charge on any atom is -0.395 e. The quantitative estimate of drug-likeness (QED) is 0.551. The Bertz CT molecular complexity index is 287. The van der Waals surface area contributed by atoms with Crippen molar-refractivity contribution >= 4 is 16.4 Å². The van der Waals surface area contributed by atoms with E-state index in [0.717, 1.165) is 0 Å². The number of rotatable bonds is 5. The van der Waals surface area contributed by atoms with E-state index >= 15 is 0 Å². The molecule has 0 saturated carbocycles. The molecule has 0 heterocycles. The van der Waals surface area contributed by atoms with Crippen molar-refractivity contribution < 1.29 is 22.5 Å². The number of nitrogens with two attached hydrogens (primary N) is 1. The van der Waals surface area contributed by atoms with E-state index in [-0.39, 0.29) is 12.5 Å². The predicted octanol–water partition coefficient (Wildman–Crippen LogP) is -1.07. The van der Waals surface area contributed by atoms with Crippen molar-refractivity contribution in [3.63, 3.8) is 0 Å². The SMILES string of the molecule is CC(C)[C@H](CO)NS(=O)(=O)OC(N)=O. The number of hydrogen-bond donors (Lipinski definition) is 3. The van der Waals surface area contributed by atoms with Crippen LogP contribution in [0.4, 0.5) is 4.79 Å². The molecule has 0 spiro atoms. The molecule has 0 aromatic rings. The van der Waals surface area contributed by atoms with Crippen LogP contribution in [0.15, 0.2) is 0 Å². The summed E-state index contributed by atoms with van der Waals surface area (Å²) < 4.78 is 27.7. The Morgan fingerprint density at radius 3 is 2.36 bits per heavy atom. The van der Waals surface area contributed by atoms with Gasteiger partial charge in [0.1, 0.15) is 0 Å². The molecule has 0 unspecified atom stereocenters. The predicted molar refractivity (Wildman–Crippen MR) is 48.4 cm³/mol. The molecule has 0 aromatic carbocycles. The molecule has 0 radical (unpaired) electrons. The van der Waals surface area contributed by atoms with E-state index in [2.05, 4.69) is 9.92 Å². The summed E-state index contributed by atoms with van der Waals surface area (Å²) in [5.74, 6) is -0.133. The lowest BCUT2D eigenvalue weighted by atomic mass is 10.1. The lowest BCUT2D eigenvalue weighted by Gasteiger charge is -2.18. The van der Waals surface area contributed by atoms with E-state index in [1.807, 2.05) is 4.72 Å². The Morgan fingerprint density at radius 1 is 1.57 bits per heavy atom. The average Bonchev–Trinajstić information content (AvgIpc) is 1.97. The topological polar surface area (TPSA) is 119 Å². The largest absolute Gasteiger partial charge is 0.421 e. The first-order valence-corrected chi connectivity index (χ1v) is 5.31. The third-order valence-electron chi connectivity index (χ3n) is 1.49. The van der Waals surface area contributed by atoms with Crippen LogP contribution >= 0.6 is 0 Å². The maximum atomic E-state index is 11.0. The number of primary amides is 1. The van der Waals surface area contributed by atoms with E-state index < -0.39 is 22.4 Å². The standard InChI is InChI=1S/C6H14N2O5S/c1-4(2)5(3-9)8-14(11,12)13-6(7)10/h4-5,8-9H,3H2,1-2H3,(H2,7,10)/t5-/m0/s1. The lowest BCUT2D eigenvalue weighted by molar-refractivity contribution is 0.204. The normalized spacial score (nSPS) is 14.0. The third kappa shape index (κ3) is 5.00. The maximum absolute atomic E-state index is 11.0. The van der Waals surface area contributed by atoms with E-state index in [1.165, 1.54) is 0 Å². The minimum absolute atomic E-state index is 0.133. The van der Waals surface area contributed by atoms with Gasteiger partial charge in [-0.25, -0.2) is 4.79 Å². The Kier molecular flexibility index (Phi) is 4.81. The molecule has 8 heteroatoms. The molecule has 84 valence electrons. The fraction of sp³-hybridized carbons (Fsp3) is 0.833. The van der Waals surface area contributed by atoms with E-state index in [4.69, 9.17) is 5.11 Å². The van der Waals surface area contributed by atoms with Gasteiger partial charge in [-0.05, 0) is 5.92 Å². The second-order valence-electron chi connectivity index (χ2n) is 3.01. The molecule has 1 amide bonds. The van der Waals surface area contributed by atoms with Gasteiger partial charge < -0.3 is 15.0 Å². The zero-order valence-corrected chi connectivity index (χ0v) is 8.74. The van der Waals surface area contributed by atoms with Crippen molar-refractivity contribution in [3.8, 4) is 0 Å². The van der Waals surface area contributed by atoms with Crippen molar-refractivity contribution in [3.05, 3.63) is 0 Å². The van der Waals surface area contributed by atoms with E-state index in [1.54, 1.807) is 13.8 Å². The molecule has 14 heavy (non-hydrogen) atoms. The molecule has 0 aliphatic rings. The smallest absolute Gasteiger partial charge is 0.395 e. The number of hydrogen-bond acceptors (Lipinski definition) is 5. The van der Waals surface area contributed by atoms with Crippen molar-refractivity contribution in [1.29, 1.82) is 0 Å². The van der Waals surface area contributed by atoms with Gasteiger partial charge in [0.25, 0.3) is 0 Å². The summed E-state index contributed by atoms with van der Waals surface area (Å²) in [4.78, 5) is 10.2. The van der Waals surface area contributed by atoms with Gasteiger partial charge in [-0.15, -0.1) is 0 Å². The summed E-state index contributed by atoms with van der Waals surface area (Å²) in [5, 5.41) is 8.80. The van der Waals surface area contributed by atoms with Gasteiger partial charge >= 0.3 is 16.4 Å². The Morgan fingerprint density at radius 2 is 2.07 bits per heavy atom. The lowest BCUT2D eigenvalue weighted by Crippen LogP contribution is -2.43. The third-order valence-corrected chi connectivity index (χ3v) is 2.46. The highest BCUT2D eigenvalue weighted by Gasteiger charge is 2.22. The summed E-state index contributed by atoms with van der Waals surface area (Å²) in [7, 11) is -4.22. The highest BCUT2D eigenvalue weighted by molar-refractivity contribution is 7.85. The number of nitrogens with one attached hydrogen (secondary N) is 1. The summed E-state index contributed by atoms with van der Waals surface area (Å²) >= 11 is 0. The van der Waals surface area contributed by atoms with Crippen LogP contribution in [0.1, 0.15) is 13.8 Å². The van der Waals surface area contributed by atoms with Crippen LogP contribution in [0.2, 0.25) is 0 Å². The molecule has 4 N–H and O–H groups in total. The van der Waals surface area contributed by atoms with Crippen molar-refractivity contribution in [2.24, 2.45) is 11.7 Å². The Balaban J connectivity index is 4.41. The van der Waals surface area contributed by atoms with Gasteiger partial charge in [0.05, 0.1) is 12.6 Å². The summed E-state index contributed by atoms with van der Waals surface area (Å²) in [6.07, 6.45) is -1.42. The number of carbonyl (C=O) groups is 1. The second-order valence-corrected chi connectivity index (χ2v) is 4.32. The first-order valence-electron chi connectivity index (χ1n) is 3.90. The van der Waals surface area contributed by atoms with Crippen molar-refractivity contribution in [2.45, 2.75) is 19.9 Å². The molecule has 7 nitrogen and oxygen atoms in total. The highest BCUT2D eigenvalue weighted by atomic mass is 32.2. The molecule has 0 aliphatic heterocycles. The Labute approximate surface area is 82.5 Å². The van der Waals surface area contributed by atoms with Crippen LogP contribution in [0, 0.1) is 5.92 Å². The number of aliphatic hydroxyl groups excluding tert-OH is 1. The zero-order chi connectivity index (χ0) is 11.4. The van der Waals surface area contributed by atoms with E-state index in [9.17, 15) is 13.2 Å². The van der Waals surface area contributed by atoms with Gasteiger partial charge in [-0.3, -0.25) is 0 Å². The van der Waals surface area contributed by atoms with Gasteiger partial charge in [-0.1, -0.05) is 13.8 Å².